The monoisotopic (exact) mass is 678 g/mol. The fourth-order valence-electron chi connectivity index (χ4n) is 4.13. The molecular formula is C30H26BrF3N2O6S. The van der Waals surface area contributed by atoms with Crippen LogP contribution >= 0.6 is 27.7 Å². The summed E-state index contributed by atoms with van der Waals surface area (Å²) >= 11 is 4.13. The largest absolute Gasteiger partial charge is 0.495 e. The van der Waals surface area contributed by atoms with E-state index in [0.29, 0.717) is 57.5 Å². The first kappa shape index (κ1) is 32.0. The van der Waals surface area contributed by atoms with Crippen molar-refractivity contribution in [2.75, 3.05) is 25.6 Å². The molecule has 226 valence electrons. The zero-order valence-corrected chi connectivity index (χ0v) is 25.6. The SMILES string of the molecule is CCOc1cc(/C=C2\SC(=O)N(CC(=O)Nc3cc(C(F)(F)F)ccc3OC)C2=O)cc(Br)c1OCc1cccc(C)c1. The van der Waals surface area contributed by atoms with Crippen LogP contribution in [0.15, 0.2) is 64.0 Å². The zero-order valence-electron chi connectivity index (χ0n) is 23.2. The number of hydrogen-bond acceptors (Lipinski definition) is 7. The Labute approximate surface area is 258 Å². The topological polar surface area (TPSA) is 94.2 Å². The molecule has 3 aromatic carbocycles. The van der Waals surface area contributed by atoms with Crippen molar-refractivity contribution in [3.8, 4) is 17.2 Å². The van der Waals surface area contributed by atoms with Crippen LogP contribution in [0.4, 0.5) is 23.7 Å². The number of rotatable bonds is 10. The van der Waals surface area contributed by atoms with Gasteiger partial charge in [0.05, 0.1) is 34.3 Å². The number of nitrogens with zero attached hydrogens (tertiary/aromatic N) is 1. The number of ether oxygens (including phenoxy) is 3. The van der Waals surface area contributed by atoms with Gasteiger partial charge in [0.25, 0.3) is 11.1 Å². The summed E-state index contributed by atoms with van der Waals surface area (Å²) in [6.07, 6.45) is -3.17. The molecule has 1 fully saturated rings. The lowest BCUT2D eigenvalue weighted by molar-refractivity contribution is -0.137. The molecule has 13 heteroatoms. The Kier molecular flexibility index (Phi) is 10.1. The van der Waals surface area contributed by atoms with Gasteiger partial charge in [0.15, 0.2) is 11.5 Å². The molecular weight excluding hydrogens is 653 g/mol. The number of methoxy groups -OCH3 is 1. The molecule has 4 rings (SSSR count). The summed E-state index contributed by atoms with van der Waals surface area (Å²) in [7, 11) is 1.23. The normalized spacial score (nSPS) is 14.3. The van der Waals surface area contributed by atoms with Crippen LogP contribution in [0.25, 0.3) is 6.08 Å². The Morgan fingerprint density at radius 2 is 1.84 bits per heavy atom. The van der Waals surface area contributed by atoms with Crippen LogP contribution in [0.5, 0.6) is 17.2 Å². The average molecular weight is 680 g/mol. The summed E-state index contributed by atoms with van der Waals surface area (Å²) in [5.41, 5.74) is 1.36. The number of amides is 3. The van der Waals surface area contributed by atoms with Crippen molar-refractivity contribution in [1.29, 1.82) is 0 Å². The molecule has 0 atom stereocenters. The maximum absolute atomic E-state index is 13.2. The maximum Gasteiger partial charge on any atom is 0.416 e. The van der Waals surface area contributed by atoms with Crippen LogP contribution in [0.2, 0.25) is 0 Å². The van der Waals surface area contributed by atoms with Crippen molar-refractivity contribution in [2.24, 2.45) is 0 Å². The number of aryl methyl sites for hydroxylation is 1. The van der Waals surface area contributed by atoms with E-state index in [2.05, 4.69) is 21.2 Å². The highest BCUT2D eigenvalue weighted by Crippen LogP contribution is 2.40. The molecule has 3 amide bonds. The number of benzene rings is 3. The molecule has 0 bridgehead atoms. The van der Waals surface area contributed by atoms with Crippen LogP contribution < -0.4 is 19.5 Å². The van der Waals surface area contributed by atoms with E-state index < -0.39 is 35.3 Å². The minimum Gasteiger partial charge on any atom is -0.495 e. The lowest BCUT2D eigenvalue weighted by Gasteiger charge is -2.16. The third-order valence-corrected chi connectivity index (χ3v) is 7.57. The van der Waals surface area contributed by atoms with Crippen LogP contribution in [-0.2, 0) is 22.4 Å². The molecule has 1 aliphatic rings. The van der Waals surface area contributed by atoms with Gasteiger partial charge in [-0.3, -0.25) is 19.3 Å². The van der Waals surface area contributed by atoms with Gasteiger partial charge < -0.3 is 19.5 Å². The third-order valence-electron chi connectivity index (χ3n) is 6.07. The summed E-state index contributed by atoms with van der Waals surface area (Å²) in [5, 5.41) is 1.59. The van der Waals surface area contributed by atoms with Crippen molar-refractivity contribution >= 4 is 56.5 Å². The first-order chi connectivity index (χ1) is 20.4. The molecule has 1 aliphatic heterocycles. The van der Waals surface area contributed by atoms with Gasteiger partial charge in [-0.05, 0) is 89.1 Å². The lowest BCUT2D eigenvalue weighted by Crippen LogP contribution is -2.36. The van der Waals surface area contributed by atoms with Gasteiger partial charge in [0, 0.05) is 0 Å². The average Bonchev–Trinajstić information content (AvgIpc) is 3.19. The smallest absolute Gasteiger partial charge is 0.416 e. The summed E-state index contributed by atoms with van der Waals surface area (Å²) in [4.78, 5) is 39.1. The highest BCUT2D eigenvalue weighted by atomic mass is 79.9. The standard InChI is InChI=1S/C30H26BrF3N2O6S/c1-4-41-24-12-19(11-21(31)27(24)42-16-18-7-5-6-17(2)10-18)13-25-28(38)36(29(39)43-25)15-26(37)35-22-14-20(30(32,33)34)8-9-23(22)40-3/h5-14H,4,15-16H2,1-3H3,(H,35,37)/b25-13-. The number of alkyl halides is 3. The first-order valence-corrected chi connectivity index (χ1v) is 14.5. The van der Waals surface area contributed by atoms with Gasteiger partial charge in [-0.25, -0.2) is 0 Å². The van der Waals surface area contributed by atoms with Gasteiger partial charge in [0.2, 0.25) is 5.91 Å². The number of thioether (sulfide) groups is 1. The second-order valence-electron chi connectivity index (χ2n) is 9.27. The zero-order chi connectivity index (χ0) is 31.3. The van der Waals surface area contributed by atoms with Crippen molar-refractivity contribution in [3.05, 3.63) is 86.2 Å². The predicted molar refractivity (Wildman–Crippen MR) is 160 cm³/mol. The number of carbonyl (C=O) groups is 3. The second-order valence-corrected chi connectivity index (χ2v) is 11.1. The molecule has 43 heavy (non-hydrogen) atoms. The van der Waals surface area contributed by atoms with Crippen LogP contribution in [0.3, 0.4) is 0 Å². The van der Waals surface area contributed by atoms with Gasteiger partial charge in [-0.1, -0.05) is 29.8 Å². The van der Waals surface area contributed by atoms with Gasteiger partial charge in [-0.2, -0.15) is 13.2 Å². The minimum atomic E-state index is -4.65. The summed E-state index contributed by atoms with van der Waals surface area (Å²) < 4.78 is 56.9. The molecule has 1 heterocycles. The number of imide groups is 1. The molecule has 0 saturated carbocycles. The predicted octanol–water partition coefficient (Wildman–Crippen LogP) is 7.44. The molecule has 0 aliphatic carbocycles. The van der Waals surface area contributed by atoms with Crippen LogP contribution in [0, 0.1) is 6.92 Å². The van der Waals surface area contributed by atoms with Crippen molar-refractivity contribution in [3.63, 3.8) is 0 Å². The Bertz CT molecular complexity index is 1590. The number of nitrogens with one attached hydrogen (secondary N) is 1. The molecule has 0 spiro atoms. The highest BCUT2D eigenvalue weighted by Gasteiger charge is 2.37. The van der Waals surface area contributed by atoms with Gasteiger partial charge in [0.1, 0.15) is 18.9 Å². The lowest BCUT2D eigenvalue weighted by atomic mass is 10.1. The molecule has 0 radical (unpaired) electrons. The van der Waals surface area contributed by atoms with Crippen molar-refractivity contribution < 1.29 is 41.8 Å². The van der Waals surface area contributed by atoms with E-state index in [-0.39, 0.29) is 16.3 Å². The fraction of sp³-hybridized carbons (Fsp3) is 0.233. The van der Waals surface area contributed by atoms with Crippen LogP contribution in [-0.4, -0.2) is 42.2 Å². The van der Waals surface area contributed by atoms with Crippen molar-refractivity contribution in [1.82, 2.24) is 4.90 Å². The van der Waals surface area contributed by atoms with E-state index in [4.69, 9.17) is 14.2 Å². The van der Waals surface area contributed by atoms with E-state index in [1.165, 1.54) is 13.2 Å². The highest BCUT2D eigenvalue weighted by molar-refractivity contribution is 9.10. The molecule has 1 N–H and O–H groups in total. The maximum atomic E-state index is 13.2. The Morgan fingerprint density at radius 3 is 2.51 bits per heavy atom. The van der Waals surface area contributed by atoms with E-state index in [9.17, 15) is 27.6 Å². The Balaban J connectivity index is 1.50. The Morgan fingerprint density at radius 1 is 1.07 bits per heavy atom. The third kappa shape index (κ3) is 7.90. The van der Waals surface area contributed by atoms with E-state index in [1.807, 2.05) is 38.1 Å². The van der Waals surface area contributed by atoms with E-state index >= 15 is 0 Å². The molecule has 0 aromatic heterocycles. The Hall–Kier alpha value is -3.97. The van der Waals surface area contributed by atoms with E-state index in [1.54, 1.807) is 12.1 Å². The quantitative estimate of drug-likeness (QED) is 0.223. The number of hydrogen-bond donors (Lipinski definition) is 1. The molecule has 0 unspecified atom stereocenters. The van der Waals surface area contributed by atoms with E-state index in [0.717, 1.165) is 23.3 Å². The molecule has 1 saturated heterocycles. The van der Waals surface area contributed by atoms with Crippen LogP contribution in [0.1, 0.15) is 29.2 Å². The molecule has 3 aromatic rings. The number of carbonyl (C=O) groups excluding carboxylic acids is 3. The van der Waals surface area contributed by atoms with Gasteiger partial charge >= 0.3 is 6.18 Å². The van der Waals surface area contributed by atoms with Gasteiger partial charge in [-0.15, -0.1) is 0 Å². The summed E-state index contributed by atoms with van der Waals surface area (Å²) in [6.45, 7) is 3.74. The minimum absolute atomic E-state index is 0.0163. The summed E-state index contributed by atoms with van der Waals surface area (Å²) in [6, 6.07) is 13.8. The first-order valence-electron chi connectivity index (χ1n) is 12.8. The molecule has 8 nitrogen and oxygen atoms in total. The number of anilines is 1. The summed E-state index contributed by atoms with van der Waals surface area (Å²) in [5.74, 6) is -0.732. The van der Waals surface area contributed by atoms with Crippen molar-refractivity contribution in [2.45, 2.75) is 26.6 Å². The second kappa shape index (κ2) is 13.6. The fourth-order valence-corrected chi connectivity index (χ4v) is 5.55. The number of halogens is 4.